The number of pyridine rings is 1. The average Bonchev–Trinajstić information content (AvgIpc) is 2.97. The molecule has 0 saturated heterocycles. The lowest BCUT2D eigenvalue weighted by molar-refractivity contribution is -0.263. The van der Waals surface area contributed by atoms with Crippen molar-refractivity contribution in [1.29, 1.82) is 0 Å². The summed E-state index contributed by atoms with van der Waals surface area (Å²) in [5, 5.41) is 10.5. The molecule has 2 heterocycles. The molecule has 3 rings (SSSR count). The van der Waals surface area contributed by atoms with Gasteiger partial charge < -0.3 is 15.6 Å². The molecule has 6 nitrogen and oxygen atoms in total. The van der Waals surface area contributed by atoms with Crippen molar-refractivity contribution in [3.05, 3.63) is 52.5 Å². The van der Waals surface area contributed by atoms with Gasteiger partial charge in [0.1, 0.15) is 11.4 Å². The Hall–Kier alpha value is -2.72. The summed E-state index contributed by atoms with van der Waals surface area (Å²) in [6.07, 6.45) is -5.76. The Kier molecular flexibility index (Phi) is 6.24. The largest absolute Gasteiger partial charge is 0.444 e. The van der Waals surface area contributed by atoms with Gasteiger partial charge in [0.05, 0.1) is 23.5 Å². The highest BCUT2D eigenvalue weighted by Crippen LogP contribution is 2.46. The lowest BCUT2D eigenvalue weighted by Gasteiger charge is -2.34. The van der Waals surface area contributed by atoms with Crippen LogP contribution in [0.1, 0.15) is 57.0 Å². The molecule has 0 spiro atoms. The lowest BCUT2D eigenvalue weighted by Crippen LogP contribution is -2.49. The molecule has 1 unspecified atom stereocenters. The number of nitrogens with two attached hydrogens (primary N) is 1. The molecule has 34 heavy (non-hydrogen) atoms. The fraction of sp³-hybridized carbons (Fsp3) is 0.500. The summed E-state index contributed by atoms with van der Waals surface area (Å²) in [6, 6.07) is 5.18. The maximum atomic E-state index is 13.9. The normalized spacial score (nSPS) is 17.4. The second-order valence-corrected chi connectivity index (χ2v) is 10.0. The van der Waals surface area contributed by atoms with Crippen molar-refractivity contribution in [3.8, 4) is 11.3 Å². The van der Waals surface area contributed by atoms with E-state index in [1.54, 1.807) is 34.6 Å². The monoisotopic (exact) mass is 483 g/mol. The first kappa shape index (κ1) is 25.9. The zero-order valence-electron chi connectivity index (χ0n) is 20.0. The van der Waals surface area contributed by atoms with Crippen LogP contribution in [-0.2, 0) is 22.4 Å². The van der Waals surface area contributed by atoms with Crippen molar-refractivity contribution in [2.75, 3.05) is 6.54 Å². The fourth-order valence-corrected chi connectivity index (χ4v) is 4.00. The number of ether oxygens (including phenoxy) is 1. The van der Waals surface area contributed by atoms with Gasteiger partial charge in [-0.25, -0.2) is 14.2 Å². The zero-order chi connectivity index (χ0) is 25.9. The Morgan fingerprint density at radius 1 is 1.24 bits per heavy atom. The predicted molar refractivity (Wildman–Crippen MR) is 118 cm³/mol. The number of nitrogens with zero attached hydrogens (tertiary/aromatic N) is 2. The Morgan fingerprint density at radius 2 is 1.85 bits per heavy atom. The second-order valence-electron chi connectivity index (χ2n) is 10.0. The summed E-state index contributed by atoms with van der Waals surface area (Å²) in [5.74, 6) is -0.485. The predicted octanol–water partition coefficient (Wildman–Crippen LogP) is 4.89. The minimum atomic E-state index is -5.10. The van der Waals surface area contributed by atoms with Crippen molar-refractivity contribution in [3.63, 3.8) is 0 Å². The minimum Gasteiger partial charge on any atom is -0.444 e. The molecule has 10 heteroatoms. The SMILES string of the molecule is Cc1cc(-c2nc(C(O)(CN)C(F)(F)F)cc3c2CN(C(=O)OC(C)(C)C)C3(C)C)ccc1F. The minimum absolute atomic E-state index is 0.00333. The average molecular weight is 484 g/mol. The Labute approximate surface area is 195 Å². The van der Waals surface area contributed by atoms with Crippen molar-refractivity contribution < 1.29 is 32.2 Å². The van der Waals surface area contributed by atoms with Crippen LogP contribution >= 0.6 is 0 Å². The third-order valence-corrected chi connectivity index (χ3v) is 6.01. The fourth-order valence-electron chi connectivity index (χ4n) is 4.00. The van der Waals surface area contributed by atoms with Gasteiger partial charge in [-0.3, -0.25) is 4.90 Å². The standard InChI is InChI=1S/C24H29F4N3O3/c1-13-9-14(7-8-17(13)25)19-15-11-31(20(32)34-21(2,3)4)22(5,6)16(15)10-18(30-19)23(33,12-29)24(26,27)28/h7-10,33H,11-12,29H2,1-6H3. The molecule has 0 aliphatic carbocycles. The van der Waals surface area contributed by atoms with Gasteiger partial charge in [-0.15, -0.1) is 0 Å². The van der Waals surface area contributed by atoms with Gasteiger partial charge in [0, 0.05) is 17.7 Å². The molecule has 2 aromatic rings. The van der Waals surface area contributed by atoms with E-state index < -0.39 is 47.1 Å². The molecule has 1 amide bonds. The summed E-state index contributed by atoms with van der Waals surface area (Å²) < 4.78 is 61.0. The molecule has 3 N–H and O–H groups in total. The van der Waals surface area contributed by atoms with Gasteiger partial charge in [0.15, 0.2) is 0 Å². The quantitative estimate of drug-likeness (QED) is 0.607. The van der Waals surface area contributed by atoms with E-state index in [0.717, 1.165) is 6.07 Å². The van der Waals surface area contributed by atoms with Gasteiger partial charge in [0.25, 0.3) is 0 Å². The molecule has 0 radical (unpaired) electrons. The van der Waals surface area contributed by atoms with E-state index in [2.05, 4.69) is 4.98 Å². The van der Waals surface area contributed by atoms with Crippen LogP contribution in [0.4, 0.5) is 22.4 Å². The number of hydrogen-bond acceptors (Lipinski definition) is 5. The van der Waals surface area contributed by atoms with Crippen molar-refractivity contribution in [1.82, 2.24) is 9.88 Å². The van der Waals surface area contributed by atoms with Gasteiger partial charge in [-0.05, 0) is 76.9 Å². The number of hydrogen-bond donors (Lipinski definition) is 2. The number of rotatable bonds is 3. The third-order valence-electron chi connectivity index (χ3n) is 6.01. The molecule has 1 aromatic heterocycles. The number of aliphatic hydroxyl groups is 1. The molecular formula is C24H29F4N3O3. The van der Waals surface area contributed by atoms with Gasteiger partial charge in [0.2, 0.25) is 5.60 Å². The van der Waals surface area contributed by atoms with Crippen LogP contribution in [0.3, 0.4) is 0 Å². The van der Waals surface area contributed by atoms with Crippen LogP contribution < -0.4 is 5.73 Å². The van der Waals surface area contributed by atoms with Gasteiger partial charge >= 0.3 is 12.3 Å². The van der Waals surface area contributed by atoms with Gasteiger partial charge in [-0.1, -0.05) is 0 Å². The maximum Gasteiger partial charge on any atom is 0.424 e. The van der Waals surface area contributed by atoms with E-state index >= 15 is 0 Å². The Bertz CT molecular complexity index is 1130. The van der Waals surface area contributed by atoms with Crippen molar-refractivity contribution >= 4 is 6.09 Å². The number of aryl methyl sites for hydroxylation is 1. The van der Waals surface area contributed by atoms with Crippen LogP contribution in [0.5, 0.6) is 0 Å². The van der Waals surface area contributed by atoms with E-state index in [1.165, 1.54) is 30.0 Å². The number of benzene rings is 1. The zero-order valence-corrected chi connectivity index (χ0v) is 20.0. The number of carbonyl (C=O) groups is 1. The topological polar surface area (TPSA) is 88.7 Å². The number of alkyl halides is 3. The van der Waals surface area contributed by atoms with Crippen molar-refractivity contribution in [2.24, 2.45) is 5.73 Å². The first-order valence-corrected chi connectivity index (χ1v) is 10.7. The van der Waals surface area contributed by atoms with E-state index in [0.29, 0.717) is 16.7 Å². The summed E-state index contributed by atoms with van der Waals surface area (Å²) in [7, 11) is 0. The van der Waals surface area contributed by atoms with Gasteiger partial charge in [-0.2, -0.15) is 13.2 Å². The van der Waals surface area contributed by atoms with E-state index in [4.69, 9.17) is 10.5 Å². The van der Waals surface area contributed by atoms with Crippen molar-refractivity contribution in [2.45, 2.75) is 71.0 Å². The van der Waals surface area contributed by atoms with Crippen LogP contribution in [-0.4, -0.2) is 39.4 Å². The first-order valence-electron chi connectivity index (χ1n) is 10.7. The molecule has 1 aromatic carbocycles. The molecule has 1 atom stereocenters. The third kappa shape index (κ3) is 4.36. The summed E-state index contributed by atoms with van der Waals surface area (Å²) in [5.41, 5.74) is 0.924. The highest BCUT2D eigenvalue weighted by atomic mass is 19.4. The van der Waals surface area contributed by atoms with Crippen LogP contribution in [0.2, 0.25) is 0 Å². The molecule has 1 aliphatic rings. The lowest BCUT2D eigenvalue weighted by atomic mass is 9.87. The molecule has 0 bridgehead atoms. The summed E-state index contributed by atoms with van der Waals surface area (Å²) in [6.45, 7) is 8.83. The van der Waals surface area contributed by atoms with E-state index in [1.807, 2.05) is 0 Å². The molecule has 186 valence electrons. The molecule has 1 aliphatic heterocycles. The molecule has 0 saturated carbocycles. The Balaban J connectivity index is 2.29. The highest BCUT2D eigenvalue weighted by molar-refractivity contribution is 5.75. The van der Waals surface area contributed by atoms with E-state index in [9.17, 15) is 27.5 Å². The first-order chi connectivity index (χ1) is 15.4. The molecular weight excluding hydrogens is 454 g/mol. The second kappa shape index (κ2) is 8.20. The number of amides is 1. The van der Waals surface area contributed by atoms with E-state index in [-0.39, 0.29) is 17.8 Å². The summed E-state index contributed by atoms with van der Waals surface area (Å²) >= 11 is 0. The highest BCUT2D eigenvalue weighted by Gasteiger charge is 2.56. The van der Waals surface area contributed by atoms with Crippen LogP contribution in [0.25, 0.3) is 11.3 Å². The van der Waals surface area contributed by atoms with Crippen LogP contribution in [0, 0.1) is 12.7 Å². The Morgan fingerprint density at radius 3 is 2.35 bits per heavy atom. The maximum absolute atomic E-state index is 13.9. The smallest absolute Gasteiger partial charge is 0.424 e. The number of halogens is 4. The summed E-state index contributed by atoms with van der Waals surface area (Å²) in [4.78, 5) is 18.5. The number of aromatic nitrogens is 1. The van der Waals surface area contributed by atoms with Crippen LogP contribution in [0.15, 0.2) is 24.3 Å². The number of carbonyl (C=O) groups excluding carboxylic acids is 1. The molecule has 0 fully saturated rings. The number of fused-ring (bicyclic) bond motifs is 1.